The highest BCUT2D eigenvalue weighted by Crippen LogP contribution is 2.19. The molecule has 1 aliphatic heterocycles. The van der Waals surface area contributed by atoms with Crippen LogP contribution in [0.15, 0.2) is 63.8 Å². The van der Waals surface area contributed by atoms with Gasteiger partial charge < -0.3 is 14.6 Å². The zero-order valence-corrected chi connectivity index (χ0v) is 17.5. The number of hydrogen-bond donors (Lipinski definition) is 1. The molecule has 8 heteroatoms. The lowest BCUT2D eigenvalue weighted by atomic mass is 10.2. The number of aromatic nitrogens is 1. The van der Waals surface area contributed by atoms with Gasteiger partial charge >= 0.3 is 5.76 Å². The predicted molar refractivity (Wildman–Crippen MR) is 116 cm³/mol. The summed E-state index contributed by atoms with van der Waals surface area (Å²) >= 11 is 0. The minimum atomic E-state index is -0.656. The van der Waals surface area contributed by atoms with E-state index in [0.29, 0.717) is 50.4 Å². The Bertz CT molecular complexity index is 1110. The zero-order valence-electron chi connectivity index (χ0n) is 17.5. The molecule has 1 fully saturated rings. The SMILES string of the molecule is CC(C(=O)N1CCN(CC(=O)NCc2ccccc2)CC1)n1c(=O)oc2ccccc21. The summed E-state index contributed by atoms with van der Waals surface area (Å²) in [5.41, 5.74) is 2.14. The molecule has 1 unspecified atom stereocenters. The van der Waals surface area contributed by atoms with Crippen LogP contribution in [-0.2, 0) is 16.1 Å². The number of piperazine rings is 1. The molecule has 2 heterocycles. The number of para-hydroxylation sites is 2. The molecule has 1 saturated heterocycles. The number of carbonyl (C=O) groups excluding carboxylic acids is 2. The van der Waals surface area contributed by atoms with Crippen LogP contribution in [-0.4, -0.2) is 58.9 Å². The topological polar surface area (TPSA) is 87.8 Å². The summed E-state index contributed by atoms with van der Waals surface area (Å²) in [4.78, 5) is 41.3. The van der Waals surface area contributed by atoms with E-state index in [1.165, 1.54) is 4.57 Å². The summed E-state index contributed by atoms with van der Waals surface area (Å²) in [7, 11) is 0. The number of oxazole rings is 1. The van der Waals surface area contributed by atoms with Gasteiger partial charge in [0.1, 0.15) is 6.04 Å². The molecule has 1 N–H and O–H groups in total. The molecule has 31 heavy (non-hydrogen) atoms. The lowest BCUT2D eigenvalue weighted by Gasteiger charge is -2.35. The van der Waals surface area contributed by atoms with Crippen molar-refractivity contribution in [3.05, 3.63) is 70.7 Å². The third kappa shape index (κ3) is 4.69. The number of benzene rings is 2. The highest BCUT2D eigenvalue weighted by molar-refractivity contribution is 5.83. The number of hydrogen-bond acceptors (Lipinski definition) is 5. The highest BCUT2D eigenvalue weighted by Gasteiger charge is 2.28. The number of nitrogens with zero attached hydrogens (tertiary/aromatic N) is 3. The lowest BCUT2D eigenvalue weighted by Crippen LogP contribution is -2.52. The number of nitrogens with one attached hydrogen (secondary N) is 1. The first-order chi connectivity index (χ1) is 15.0. The van der Waals surface area contributed by atoms with Gasteiger partial charge in [0.05, 0.1) is 12.1 Å². The van der Waals surface area contributed by atoms with Gasteiger partial charge in [-0.15, -0.1) is 0 Å². The Kier molecular flexibility index (Phi) is 6.18. The van der Waals surface area contributed by atoms with Gasteiger partial charge in [0, 0.05) is 32.7 Å². The standard InChI is InChI=1S/C23H26N4O4/c1-17(27-19-9-5-6-10-20(19)31-23(27)30)22(29)26-13-11-25(12-14-26)16-21(28)24-15-18-7-3-2-4-8-18/h2-10,17H,11-16H2,1H3,(H,24,28). The fraction of sp³-hybridized carbons (Fsp3) is 0.348. The van der Waals surface area contributed by atoms with E-state index >= 15 is 0 Å². The Morgan fingerprint density at radius 2 is 1.68 bits per heavy atom. The molecule has 1 aliphatic rings. The number of fused-ring (bicyclic) bond motifs is 1. The number of rotatable bonds is 6. The maximum Gasteiger partial charge on any atom is 0.420 e. The van der Waals surface area contributed by atoms with Crippen molar-refractivity contribution in [2.24, 2.45) is 0 Å². The largest absolute Gasteiger partial charge is 0.420 e. The zero-order chi connectivity index (χ0) is 21.8. The van der Waals surface area contributed by atoms with E-state index in [9.17, 15) is 14.4 Å². The monoisotopic (exact) mass is 422 g/mol. The summed E-state index contributed by atoms with van der Waals surface area (Å²) in [6.45, 7) is 4.77. The van der Waals surface area contributed by atoms with E-state index in [-0.39, 0.29) is 11.8 Å². The molecule has 8 nitrogen and oxygen atoms in total. The van der Waals surface area contributed by atoms with Gasteiger partial charge in [-0.05, 0) is 24.6 Å². The molecule has 0 bridgehead atoms. The molecule has 1 atom stereocenters. The Morgan fingerprint density at radius 3 is 2.42 bits per heavy atom. The van der Waals surface area contributed by atoms with E-state index < -0.39 is 11.8 Å². The Labute approximate surface area is 180 Å². The third-order valence-corrected chi connectivity index (χ3v) is 5.65. The Balaban J connectivity index is 1.30. The second-order valence-electron chi connectivity index (χ2n) is 7.75. The first-order valence-corrected chi connectivity index (χ1v) is 10.4. The van der Waals surface area contributed by atoms with Crippen LogP contribution in [0.4, 0.5) is 0 Å². The molecular weight excluding hydrogens is 396 g/mol. The van der Waals surface area contributed by atoms with Crippen LogP contribution in [0.25, 0.3) is 11.1 Å². The third-order valence-electron chi connectivity index (χ3n) is 5.65. The summed E-state index contributed by atoms with van der Waals surface area (Å²) in [5, 5.41) is 2.93. The fourth-order valence-corrected chi connectivity index (χ4v) is 3.91. The van der Waals surface area contributed by atoms with Crippen LogP contribution in [0, 0.1) is 0 Å². The van der Waals surface area contributed by atoms with E-state index in [0.717, 1.165) is 5.56 Å². The predicted octanol–water partition coefficient (Wildman–Crippen LogP) is 1.62. The normalized spacial score (nSPS) is 15.7. The molecular formula is C23H26N4O4. The molecule has 3 aromatic rings. The first kappa shape index (κ1) is 20.9. The van der Waals surface area contributed by atoms with Crippen LogP contribution in [0.1, 0.15) is 18.5 Å². The minimum Gasteiger partial charge on any atom is -0.408 e. The Morgan fingerprint density at radius 1 is 1.00 bits per heavy atom. The van der Waals surface area contributed by atoms with E-state index in [2.05, 4.69) is 5.32 Å². The lowest BCUT2D eigenvalue weighted by molar-refractivity contribution is -0.136. The number of carbonyl (C=O) groups is 2. The maximum absolute atomic E-state index is 13.0. The highest BCUT2D eigenvalue weighted by atomic mass is 16.4. The van der Waals surface area contributed by atoms with E-state index in [1.54, 1.807) is 30.0 Å². The summed E-state index contributed by atoms with van der Waals surface area (Å²) in [6, 6.07) is 16.2. The van der Waals surface area contributed by atoms with Crippen molar-refractivity contribution in [3.8, 4) is 0 Å². The summed E-state index contributed by atoms with van der Waals surface area (Å²) in [6.07, 6.45) is 0. The van der Waals surface area contributed by atoms with Gasteiger partial charge in [0.25, 0.3) is 0 Å². The van der Waals surface area contributed by atoms with Gasteiger partial charge in [0.15, 0.2) is 5.58 Å². The molecule has 162 valence electrons. The fourth-order valence-electron chi connectivity index (χ4n) is 3.91. The quantitative estimate of drug-likeness (QED) is 0.652. The van der Waals surface area contributed by atoms with Gasteiger partial charge in [-0.3, -0.25) is 19.1 Å². The van der Waals surface area contributed by atoms with E-state index in [1.807, 2.05) is 41.3 Å². The van der Waals surface area contributed by atoms with Crippen molar-refractivity contribution in [2.45, 2.75) is 19.5 Å². The Hall–Kier alpha value is -3.39. The average molecular weight is 422 g/mol. The van der Waals surface area contributed by atoms with Gasteiger partial charge in [0.2, 0.25) is 11.8 Å². The second kappa shape index (κ2) is 9.18. The van der Waals surface area contributed by atoms with Gasteiger partial charge in [-0.1, -0.05) is 42.5 Å². The molecule has 2 aromatic carbocycles. The molecule has 2 amide bonds. The first-order valence-electron chi connectivity index (χ1n) is 10.4. The average Bonchev–Trinajstić information content (AvgIpc) is 3.13. The van der Waals surface area contributed by atoms with Crippen LogP contribution in [0.2, 0.25) is 0 Å². The van der Waals surface area contributed by atoms with Crippen LogP contribution < -0.4 is 11.1 Å². The van der Waals surface area contributed by atoms with Gasteiger partial charge in [-0.25, -0.2) is 4.79 Å². The van der Waals surface area contributed by atoms with Crippen molar-refractivity contribution < 1.29 is 14.0 Å². The molecule has 0 spiro atoms. The van der Waals surface area contributed by atoms with Crippen molar-refractivity contribution >= 4 is 22.9 Å². The van der Waals surface area contributed by atoms with Crippen LogP contribution in [0.5, 0.6) is 0 Å². The number of amides is 2. The molecule has 1 aromatic heterocycles. The van der Waals surface area contributed by atoms with Crippen molar-refractivity contribution in [3.63, 3.8) is 0 Å². The van der Waals surface area contributed by atoms with Crippen molar-refractivity contribution in [1.29, 1.82) is 0 Å². The smallest absolute Gasteiger partial charge is 0.408 e. The van der Waals surface area contributed by atoms with E-state index in [4.69, 9.17) is 4.42 Å². The van der Waals surface area contributed by atoms with Crippen LogP contribution in [0.3, 0.4) is 0 Å². The summed E-state index contributed by atoms with van der Waals surface area (Å²) < 4.78 is 6.66. The maximum atomic E-state index is 13.0. The molecule has 0 saturated carbocycles. The van der Waals surface area contributed by atoms with Crippen LogP contribution >= 0.6 is 0 Å². The summed E-state index contributed by atoms with van der Waals surface area (Å²) in [5.74, 6) is -0.689. The van der Waals surface area contributed by atoms with Crippen molar-refractivity contribution in [2.75, 3.05) is 32.7 Å². The minimum absolute atomic E-state index is 0.0339. The molecule has 0 aliphatic carbocycles. The molecule has 4 rings (SSSR count). The van der Waals surface area contributed by atoms with Crippen molar-refractivity contribution in [1.82, 2.24) is 19.7 Å². The second-order valence-corrected chi connectivity index (χ2v) is 7.75. The molecule has 0 radical (unpaired) electrons. The van der Waals surface area contributed by atoms with Gasteiger partial charge in [-0.2, -0.15) is 0 Å².